The van der Waals surface area contributed by atoms with E-state index < -0.39 is 12.2 Å². The van der Waals surface area contributed by atoms with Gasteiger partial charge in [0.2, 0.25) is 0 Å². The highest BCUT2D eigenvalue weighted by molar-refractivity contribution is 5.88. The molecule has 3 aromatic rings. The Labute approximate surface area is 122 Å². The Morgan fingerprint density at radius 3 is 2.48 bits per heavy atom. The average Bonchev–Trinajstić information content (AvgIpc) is 2.52. The second-order valence-electron chi connectivity index (χ2n) is 5.49. The van der Waals surface area contributed by atoms with Crippen LogP contribution in [-0.2, 0) is 0 Å². The Kier molecular flexibility index (Phi) is 2.61. The van der Waals surface area contributed by atoms with Crippen molar-refractivity contribution in [3.05, 3.63) is 65.2 Å². The predicted octanol–water partition coefficient (Wildman–Crippen LogP) is 3.29. The smallest absolute Gasteiger partial charge is 0.111 e. The first-order valence-electron chi connectivity index (χ1n) is 7.03. The molecule has 0 fully saturated rings. The Morgan fingerprint density at radius 1 is 0.905 bits per heavy atom. The minimum Gasteiger partial charge on any atom is -0.385 e. The lowest BCUT2D eigenvalue weighted by Crippen LogP contribution is -2.19. The van der Waals surface area contributed by atoms with Crippen molar-refractivity contribution < 1.29 is 10.2 Å². The summed E-state index contributed by atoms with van der Waals surface area (Å²) in [5.74, 6) is 0. The van der Waals surface area contributed by atoms with Crippen molar-refractivity contribution >= 4 is 10.9 Å². The predicted molar refractivity (Wildman–Crippen MR) is 81.8 cm³/mol. The molecule has 0 saturated heterocycles. The van der Waals surface area contributed by atoms with E-state index in [1.807, 2.05) is 55.5 Å². The highest BCUT2D eigenvalue weighted by Crippen LogP contribution is 2.45. The number of para-hydroxylation sites is 1. The van der Waals surface area contributed by atoms with E-state index in [0.29, 0.717) is 0 Å². The number of aliphatic hydroxyl groups is 2. The molecule has 1 aromatic heterocycles. The third-order valence-corrected chi connectivity index (χ3v) is 4.33. The molecule has 4 rings (SSSR count). The van der Waals surface area contributed by atoms with Gasteiger partial charge < -0.3 is 10.2 Å². The number of aliphatic hydroxyl groups excluding tert-OH is 2. The molecular weight excluding hydrogens is 262 g/mol. The molecule has 0 unspecified atom stereocenters. The van der Waals surface area contributed by atoms with Gasteiger partial charge in [-0.05, 0) is 24.1 Å². The summed E-state index contributed by atoms with van der Waals surface area (Å²) in [6, 6.07) is 15.5. The molecule has 3 nitrogen and oxygen atoms in total. The maximum absolute atomic E-state index is 10.5. The van der Waals surface area contributed by atoms with Crippen LogP contribution in [0.1, 0.15) is 28.9 Å². The van der Waals surface area contributed by atoms with Gasteiger partial charge in [-0.3, -0.25) is 0 Å². The molecule has 3 heteroatoms. The molecular formula is C18H15NO2. The summed E-state index contributed by atoms with van der Waals surface area (Å²) in [6.07, 6.45) is -1.85. The zero-order valence-electron chi connectivity index (χ0n) is 11.6. The number of hydrogen-bond donors (Lipinski definition) is 2. The second-order valence-corrected chi connectivity index (χ2v) is 5.49. The van der Waals surface area contributed by atoms with E-state index in [1.54, 1.807) is 0 Å². The number of nitrogens with zero attached hydrogens (tertiary/aromatic N) is 1. The Hall–Kier alpha value is -2.23. The van der Waals surface area contributed by atoms with Gasteiger partial charge in [0.25, 0.3) is 0 Å². The minimum absolute atomic E-state index is 0.736. The standard InChI is InChI=1S/C18H15NO2/c1-10-11-6-4-5-9-14(11)19-16-12-7-2-3-8-13(12)17(20)18(21)15(10)16/h2-9,17-18,20-21H,1H3/t17-,18-/m1/s1. The van der Waals surface area contributed by atoms with Gasteiger partial charge in [0.15, 0.2) is 0 Å². The number of pyridine rings is 1. The van der Waals surface area contributed by atoms with Crippen molar-refractivity contribution in [2.24, 2.45) is 0 Å². The Morgan fingerprint density at radius 2 is 1.62 bits per heavy atom. The fourth-order valence-electron chi connectivity index (χ4n) is 3.26. The third kappa shape index (κ3) is 1.65. The summed E-state index contributed by atoms with van der Waals surface area (Å²) in [6.45, 7) is 1.98. The molecule has 2 atom stereocenters. The van der Waals surface area contributed by atoms with Crippen LogP contribution in [0.2, 0.25) is 0 Å². The van der Waals surface area contributed by atoms with Crippen LogP contribution in [0.5, 0.6) is 0 Å². The topological polar surface area (TPSA) is 53.4 Å². The van der Waals surface area contributed by atoms with Gasteiger partial charge in [0.05, 0.1) is 11.2 Å². The van der Waals surface area contributed by atoms with Gasteiger partial charge in [-0.25, -0.2) is 4.98 Å². The number of benzene rings is 2. The molecule has 1 aliphatic carbocycles. The molecule has 0 saturated carbocycles. The summed E-state index contributed by atoms with van der Waals surface area (Å²) < 4.78 is 0. The van der Waals surface area contributed by atoms with Crippen molar-refractivity contribution in [2.75, 3.05) is 0 Å². The molecule has 0 radical (unpaired) electrons. The number of aromatic nitrogens is 1. The van der Waals surface area contributed by atoms with E-state index in [2.05, 4.69) is 0 Å². The van der Waals surface area contributed by atoms with E-state index in [0.717, 1.165) is 38.9 Å². The van der Waals surface area contributed by atoms with Crippen molar-refractivity contribution in [2.45, 2.75) is 19.1 Å². The minimum atomic E-state index is -0.938. The van der Waals surface area contributed by atoms with Gasteiger partial charge >= 0.3 is 0 Å². The van der Waals surface area contributed by atoms with Gasteiger partial charge in [0.1, 0.15) is 12.2 Å². The summed E-state index contributed by atoms with van der Waals surface area (Å²) in [4.78, 5) is 4.73. The lowest BCUT2D eigenvalue weighted by molar-refractivity contribution is 0.0152. The Bertz CT molecular complexity index is 857. The molecule has 21 heavy (non-hydrogen) atoms. The first-order chi connectivity index (χ1) is 10.2. The quantitative estimate of drug-likeness (QED) is 0.663. The van der Waals surface area contributed by atoms with Crippen LogP contribution in [-0.4, -0.2) is 15.2 Å². The van der Waals surface area contributed by atoms with Crippen LogP contribution in [0.25, 0.3) is 22.2 Å². The number of aryl methyl sites for hydroxylation is 1. The molecule has 0 bridgehead atoms. The number of rotatable bonds is 0. The largest absolute Gasteiger partial charge is 0.385 e. The normalized spacial score (nSPS) is 20.1. The van der Waals surface area contributed by atoms with Crippen LogP contribution in [0.4, 0.5) is 0 Å². The Balaban J connectivity index is 2.15. The molecule has 2 N–H and O–H groups in total. The highest BCUT2D eigenvalue weighted by Gasteiger charge is 2.33. The van der Waals surface area contributed by atoms with E-state index in [-0.39, 0.29) is 0 Å². The third-order valence-electron chi connectivity index (χ3n) is 4.33. The van der Waals surface area contributed by atoms with Crippen molar-refractivity contribution in [1.82, 2.24) is 4.98 Å². The van der Waals surface area contributed by atoms with Crippen LogP contribution in [0.3, 0.4) is 0 Å². The maximum Gasteiger partial charge on any atom is 0.111 e. The van der Waals surface area contributed by atoms with Crippen LogP contribution in [0, 0.1) is 6.92 Å². The molecule has 1 heterocycles. The van der Waals surface area contributed by atoms with Gasteiger partial charge in [-0.2, -0.15) is 0 Å². The highest BCUT2D eigenvalue weighted by atomic mass is 16.3. The molecule has 1 aliphatic rings. The second kappa shape index (κ2) is 4.38. The first-order valence-corrected chi connectivity index (χ1v) is 7.03. The van der Waals surface area contributed by atoms with E-state index in [1.165, 1.54) is 0 Å². The summed E-state index contributed by atoms with van der Waals surface area (Å²) in [7, 11) is 0. The first kappa shape index (κ1) is 12.5. The van der Waals surface area contributed by atoms with Crippen molar-refractivity contribution in [3.63, 3.8) is 0 Å². The number of fused-ring (bicyclic) bond motifs is 4. The lowest BCUT2D eigenvalue weighted by Gasteiger charge is -2.30. The maximum atomic E-state index is 10.5. The van der Waals surface area contributed by atoms with E-state index in [9.17, 15) is 10.2 Å². The average molecular weight is 277 g/mol. The molecule has 0 amide bonds. The summed E-state index contributed by atoms with van der Waals surface area (Å²) in [5.41, 5.74) is 5.04. The van der Waals surface area contributed by atoms with E-state index >= 15 is 0 Å². The van der Waals surface area contributed by atoms with Crippen LogP contribution in [0.15, 0.2) is 48.5 Å². The monoisotopic (exact) mass is 277 g/mol. The van der Waals surface area contributed by atoms with Gasteiger partial charge in [-0.1, -0.05) is 42.5 Å². The molecule has 2 aromatic carbocycles. The zero-order valence-corrected chi connectivity index (χ0v) is 11.6. The van der Waals surface area contributed by atoms with Crippen LogP contribution >= 0.6 is 0 Å². The van der Waals surface area contributed by atoms with Gasteiger partial charge in [-0.15, -0.1) is 0 Å². The SMILES string of the molecule is Cc1c2c(nc3ccccc13)-c1ccccc1[C@@H](O)[C@@H]2O. The van der Waals surface area contributed by atoms with E-state index in [4.69, 9.17) is 4.98 Å². The fourth-order valence-corrected chi connectivity index (χ4v) is 3.26. The van der Waals surface area contributed by atoms with Crippen molar-refractivity contribution in [3.8, 4) is 11.3 Å². The molecule has 104 valence electrons. The molecule has 0 spiro atoms. The number of hydrogen-bond acceptors (Lipinski definition) is 3. The zero-order chi connectivity index (χ0) is 14.6. The lowest BCUT2D eigenvalue weighted by atomic mass is 9.82. The molecule has 0 aliphatic heterocycles. The van der Waals surface area contributed by atoms with Gasteiger partial charge in [0, 0.05) is 16.5 Å². The van der Waals surface area contributed by atoms with Crippen LogP contribution < -0.4 is 0 Å². The fraction of sp³-hybridized carbons (Fsp3) is 0.167. The van der Waals surface area contributed by atoms with Crippen molar-refractivity contribution in [1.29, 1.82) is 0 Å². The summed E-state index contributed by atoms with van der Waals surface area (Å²) >= 11 is 0. The summed E-state index contributed by atoms with van der Waals surface area (Å²) in [5, 5.41) is 21.9.